The van der Waals surface area contributed by atoms with Crippen LogP contribution >= 0.6 is 0 Å². The SMILES string of the molecule is COc1ccc(NC(=O)C2(OC)CCCCC2)c(C)n1. The van der Waals surface area contributed by atoms with Gasteiger partial charge in [0.25, 0.3) is 5.91 Å². The van der Waals surface area contributed by atoms with Gasteiger partial charge in [-0.1, -0.05) is 19.3 Å². The Morgan fingerprint density at radius 1 is 1.25 bits per heavy atom. The van der Waals surface area contributed by atoms with E-state index in [4.69, 9.17) is 9.47 Å². The Balaban J connectivity index is 2.14. The standard InChI is InChI=1S/C15H22N2O3/c1-11-12(7-8-13(16-11)19-2)17-14(18)15(20-3)9-5-4-6-10-15/h7-8H,4-6,9-10H2,1-3H3,(H,17,18). The number of aromatic nitrogens is 1. The third-order valence-electron chi connectivity index (χ3n) is 3.98. The number of carbonyl (C=O) groups is 1. The van der Waals surface area contributed by atoms with Crippen LogP contribution in [0.2, 0.25) is 0 Å². The Labute approximate surface area is 119 Å². The number of hydrogen-bond acceptors (Lipinski definition) is 4. The zero-order chi connectivity index (χ0) is 14.6. The molecule has 1 N–H and O–H groups in total. The lowest BCUT2D eigenvalue weighted by molar-refractivity contribution is -0.141. The Morgan fingerprint density at radius 3 is 2.50 bits per heavy atom. The van der Waals surface area contributed by atoms with Gasteiger partial charge in [-0.05, 0) is 25.8 Å². The number of ether oxygens (including phenoxy) is 2. The molecule has 1 saturated carbocycles. The van der Waals surface area contributed by atoms with Gasteiger partial charge < -0.3 is 14.8 Å². The number of carbonyl (C=O) groups excluding carboxylic acids is 1. The topological polar surface area (TPSA) is 60.5 Å². The molecule has 5 nitrogen and oxygen atoms in total. The van der Waals surface area contributed by atoms with Crippen molar-refractivity contribution >= 4 is 11.6 Å². The zero-order valence-corrected chi connectivity index (χ0v) is 12.4. The third-order valence-corrected chi connectivity index (χ3v) is 3.98. The number of nitrogens with zero attached hydrogens (tertiary/aromatic N) is 1. The minimum Gasteiger partial charge on any atom is -0.481 e. The van der Waals surface area contributed by atoms with Crippen molar-refractivity contribution in [3.8, 4) is 5.88 Å². The summed E-state index contributed by atoms with van der Waals surface area (Å²) in [6, 6.07) is 3.55. The average molecular weight is 278 g/mol. The summed E-state index contributed by atoms with van der Waals surface area (Å²) in [6.45, 7) is 1.85. The van der Waals surface area contributed by atoms with Gasteiger partial charge in [-0.2, -0.15) is 0 Å². The van der Waals surface area contributed by atoms with Gasteiger partial charge >= 0.3 is 0 Å². The van der Waals surface area contributed by atoms with Crippen LogP contribution in [0, 0.1) is 6.92 Å². The molecule has 1 aromatic heterocycles. The molecule has 0 radical (unpaired) electrons. The summed E-state index contributed by atoms with van der Waals surface area (Å²) >= 11 is 0. The van der Waals surface area contributed by atoms with E-state index in [0.717, 1.165) is 31.4 Å². The first kappa shape index (κ1) is 14.8. The second kappa shape index (κ2) is 6.22. The average Bonchev–Trinajstić information content (AvgIpc) is 2.49. The molecule has 20 heavy (non-hydrogen) atoms. The van der Waals surface area contributed by atoms with E-state index in [0.29, 0.717) is 11.6 Å². The van der Waals surface area contributed by atoms with Crippen LogP contribution in [0.5, 0.6) is 5.88 Å². The number of pyridine rings is 1. The smallest absolute Gasteiger partial charge is 0.256 e. The fourth-order valence-electron chi connectivity index (χ4n) is 2.67. The summed E-state index contributed by atoms with van der Waals surface area (Å²) in [4.78, 5) is 16.8. The van der Waals surface area contributed by atoms with E-state index in [1.807, 2.05) is 13.0 Å². The molecule has 5 heteroatoms. The van der Waals surface area contributed by atoms with E-state index in [-0.39, 0.29) is 5.91 Å². The minimum absolute atomic E-state index is 0.0743. The number of methoxy groups -OCH3 is 2. The number of hydrogen-bond donors (Lipinski definition) is 1. The van der Waals surface area contributed by atoms with Crippen molar-refractivity contribution in [3.05, 3.63) is 17.8 Å². The molecule has 110 valence electrons. The molecular weight excluding hydrogens is 256 g/mol. The number of anilines is 1. The molecule has 0 aromatic carbocycles. The van der Waals surface area contributed by atoms with Crippen molar-refractivity contribution < 1.29 is 14.3 Å². The quantitative estimate of drug-likeness (QED) is 0.920. The Hall–Kier alpha value is -1.62. The minimum atomic E-state index is -0.690. The van der Waals surface area contributed by atoms with Crippen molar-refractivity contribution in [2.75, 3.05) is 19.5 Å². The first-order valence-electron chi connectivity index (χ1n) is 6.99. The third kappa shape index (κ3) is 2.93. The highest BCUT2D eigenvalue weighted by Gasteiger charge is 2.39. The monoisotopic (exact) mass is 278 g/mol. The number of rotatable bonds is 4. The van der Waals surface area contributed by atoms with Gasteiger partial charge in [0.2, 0.25) is 5.88 Å². The van der Waals surface area contributed by atoms with Crippen molar-refractivity contribution in [1.29, 1.82) is 0 Å². The normalized spacial score (nSPS) is 17.6. The number of aryl methyl sites for hydroxylation is 1. The van der Waals surface area contributed by atoms with Gasteiger partial charge in [-0.15, -0.1) is 0 Å². The van der Waals surface area contributed by atoms with Crippen LogP contribution in [0.15, 0.2) is 12.1 Å². The van der Waals surface area contributed by atoms with Crippen molar-refractivity contribution in [2.45, 2.75) is 44.6 Å². The summed E-state index contributed by atoms with van der Waals surface area (Å²) < 4.78 is 10.6. The molecule has 1 amide bonds. The first-order chi connectivity index (χ1) is 9.61. The summed E-state index contributed by atoms with van der Waals surface area (Å²) in [5.41, 5.74) is 0.752. The zero-order valence-electron chi connectivity index (χ0n) is 12.4. The van der Waals surface area contributed by atoms with Gasteiger partial charge in [-0.25, -0.2) is 4.98 Å². The molecule has 2 rings (SSSR count). The number of amides is 1. The van der Waals surface area contributed by atoms with Gasteiger partial charge in [0.05, 0.1) is 18.5 Å². The van der Waals surface area contributed by atoms with Gasteiger partial charge in [-0.3, -0.25) is 4.79 Å². The molecule has 0 bridgehead atoms. The Bertz CT molecular complexity index is 482. The highest BCUT2D eigenvalue weighted by atomic mass is 16.5. The van der Waals surface area contributed by atoms with E-state index >= 15 is 0 Å². The van der Waals surface area contributed by atoms with Crippen LogP contribution in [-0.2, 0) is 9.53 Å². The maximum absolute atomic E-state index is 12.5. The molecule has 0 unspecified atom stereocenters. The van der Waals surface area contributed by atoms with Crippen molar-refractivity contribution in [3.63, 3.8) is 0 Å². The highest BCUT2D eigenvalue weighted by molar-refractivity contribution is 5.97. The predicted molar refractivity (Wildman–Crippen MR) is 77.0 cm³/mol. The Morgan fingerprint density at radius 2 is 1.95 bits per heavy atom. The summed E-state index contributed by atoms with van der Waals surface area (Å²) in [5, 5.41) is 2.94. The lowest BCUT2D eigenvalue weighted by Gasteiger charge is -2.34. The summed E-state index contributed by atoms with van der Waals surface area (Å²) in [5.74, 6) is 0.467. The maximum atomic E-state index is 12.5. The van der Waals surface area contributed by atoms with E-state index in [2.05, 4.69) is 10.3 Å². The fraction of sp³-hybridized carbons (Fsp3) is 0.600. The lowest BCUT2D eigenvalue weighted by Crippen LogP contribution is -2.46. The maximum Gasteiger partial charge on any atom is 0.256 e. The van der Waals surface area contributed by atoms with E-state index in [1.165, 1.54) is 6.42 Å². The second-order valence-electron chi connectivity index (χ2n) is 5.20. The molecule has 0 saturated heterocycles. The van der Waals surface area contributed by atoms with Crippen molar-refractivity contribution in [2.24, 2.45) is 0 Å². The molecule has 0 atom stereocenters. The van der Waals surface area contributed by atoms with Crippen LogP contribution in [0.3, 0.4) is 0 Å². The Kier molecular flexibility index (Phi) is 4.60. The molecule has 1 aliphatic rings. The van der Waals surface area contributed by atoms with Crippen LogP contribution < -0.4 is 10.1 Å². The van der Waals surface area contributed by atoms with E-state index in [9.17, 15) is 4.79 Å². The van der Waals surface area contributed by atoms with Crippen LogP contribution in [0.4, 0.5) is 5.69 Å². The van der Waals surface area contributed by atoms with Gasteiger partial charge in [0, 0.05) is 13.2 Å². The van der Waals surface area contributed by atoms with Crippen molar-refractivity contribution in [1.82, 2.24) is 4.98 Å². The van der Waals surface area contributed by atoms with Gasteiger partial charge in [0.1, 0.15) is 5.60 Å². The molecule has 1 aromatic rings. The fourth-order valence-corrected chi connectivity index (χ4v) is 2.67. The van der Waals surface area contributed by atoms with Crippen LogP contribution in [0.1, 0.15) is 37.8 Å². The van der Waals surface area contributed by atoms with E-state index in [1.54, 1.807) is 20.3 Å². The van der Waals surface area contributed by atoms with Crippen LogP contribution in [-0.4, -0.2) is 30.7 Å². The molecular formula is C15H22N2O3. The lowest BCUT2D eigenvalue weighted by atomic mass is 9.84. The van der Waals surface area contributed by atoms with Crippen LogP contribution in [0.25, 0.3) is 0 Å². The molecule has 1 aliphatic carbocycles. The molecule has 1 fully saturated rings. The summed E-state index contributed by atoms with van der Waals surface area (Å²) in [7, 11) is 3.19. The molecule has 0 spiro atoms. The van der Waals surface area contributed by atoms with E-state index < -0.39 is 5.60 Å². The molecule has 0 aliphatic heterocycles. The van der Waals surface area contributed by atoms with Gasteiger partial charge in [0.15, 0.2) is 0 Å². The first-order valence-corrected chi connectivity index (χ1v) is 6.99. The summed E-state index contributed by atoms with van der Waals surface area (Å²) in [6.07, 6.45) is 4.78. The highest BCUT2D eigenvalue weighted by Crippen LogP contribution is 2.32. The largest absolute Gasteiger partial charge is 0.481 e. The predicted octanol–water partition coefficient (Wildman–Crippen LogP) is 2.69. The second-order valence-corrected chi connectivity index (χ2v) is 5.20. The molecule has 1 heterocycles. The number of nitrogens with one attached hydrogen (secondary N) is 1.